The molecule has 112 valence electrons. The Morgan fingerprint density at radius 1 is 1.45 bits per heavy atom. The highest BCUT2D eigenvalue weighted by atomic mass is 79.9. The zero-order valence-electron chi connectivity index (χ0n) is 10.8. The molecule has 0 atom stereocenters. The zero-order valence-corrected chi connectivity index (χ0v) is 12.4. The second kappa shape index (κ2) is 6.83. The van der Waals surface area contributed by atoms with Crippen LogP contribution in [0.25, 0.3) is 0 Å². The minimum absolute atomic E-state index is 0.210. The van der Waals surface area contributed by atoms with Gasteiger partial charge < -0.3 is 15.8 Å². The average Bonchev–Trinajstić information content (AvgIpc) is 2.35. The van der Waals surface area contributed by atoms with Gasteiger partial charge in [-0.25, -0.2) is 0 Å². The number of alkyl halides is 3. The minimum Gasteiger partial charge on any atom is -0.409 e. The molecule has 0 aliphatic heterocycles. The van der Waals surface area contributed by atoms with Crippen LogP contribution in [0.4, 0.5) is 18.9 Å². The van der Waals surface area contributed by atoms with Gasteiger partial charge in [0, 0.05) is 16.7 Å². The van der Waals surface area contributed by atoms with Gasteiger partial charge in [-0.2, -0.15) is 13.2 Å². The van der Waals surface area contributed by atoms with Crippen LogP contribution >= 0.6 is 15.9 Å². The maximum absolute atomic E-state index is 12.7. The monoisotopic (exact) mass is 353 g/mol. The molecule has 0 amide bonds. The largest absolute Gasteiger partial charge is 0.409 e. The first-order valence-corrected chi connectivity index (χ1v) is 6.67. The van der Waals surface area contributed by atoms with Crippen LogP contribution in [-0.4, -0.2) is 30.3 Å². The summed E-state index contributed by atoms with van der Waals surface area (Å²) in [6.07, 6.45) is -3.79. The predicted octanol–water partition coefficient (Wildman–Crippen LogP) is 3.32. The van der Waals surface area contributed by atoms with Gasteiger partial charge >= 0.3 is 6.18 Å². The third kappa shape index (κ3) is 4.29. The molecule has 0 aromatic heterocycles. The molecule has 0 radical (unpaired) electrons. The number of hydrogen-bond donors (Lipinski definition) is 2. The molecule has 0 spiro atoms. The Hall–Kier alpha value is -1.44. The summed E-state index contributed by atoms with van der Waals surface area (Å²) >= 11 is 3.21. The Kier molecular flexibility index (Phi) is 5.67. The summed E-state index contributed by atoms with van der Waals surface area (Å²) in [5.74, 6) is -0.240. The van der Waals surface area contributed by atoms with Gasteiger partial charge in [-0.15, -0.1) is 0 Å². The normalized spacial score (nSPS) is 12.6. The number of amidine groups is 1. The molecule has 0 bridgehead atoms. The van der Waals surface area contributed by atoms with Crippen molar-refractivity contribution in [2.24, 2.45) is 10.9 Å². The fourth-order valence-electron chi connectivity index (χ4n) is 1.85. The second-order valence-corrected chi connectivity index (χ2v) is 5.01. The minimum atomic E-state index is -4.33. The number of hydrogen-bond acceptors (Lipinski definition) is 3. The lowest BCUT2D eigenvalue weighted by atomic mass is 10.1. The first-order valence-electron chi connectivity index (χ1n) is 5.88. The molecular weight excluding hydrogens is 339 g/mol. The fourth-order valence-corrected chi connectivity index (χ4v) is 2.41. The van der Waals surface area contributed by atoms with Crippen molar-refractivity contribution in [1.29, 1.82) is 0 Å². The smallest absolute Gasteiger partial charge is 0.405 e. The first kappa shape index (κ1) is 16.6. The maximum atomic E-state index is 12.7. The molecule has 1 rings (SSSR count). The third-order valence-corrected chi connectivity index (χ3v) is 3.22. The SMILES string of the molecule is CCCN(CC(F)(F)F)c1cccc(Br)c1/C(N)=N/O. The Labute approximate surface area is 123 Å². The Morgan fingerprint density at radius 3 is 2.60 bits per heavy atom. The van der Waals surface area contributed by atoms with E-state index in [1.165, 1.54) is 6.07 Å². The molecular formula is C12H15BrF3N3O. The number of nitrogens with zero attached hydrogens (tertiary/aromatic N) is 2. The average molecular weight is 354 g/mol. The Morgan fingerprint density at radius 2 is 2.10 bits per heavy atom. The lowest BCUT2D eigenvalue weighted by Crippen LogP contribution is -2.36. The molecule has 0 unspecified atom stereocenters. The number of anilines is 1. The number of benzene rings is 1. The number of rotatable bonds is 5. The molecule has 1 aromatic carbocycles. The van der Waals surface area contributed by atoms with Gasteiger partial charge in [0.15, 0.2) is 5.84 Å². The van der Waals surface area contributed by atoms with Gasteiger partial charge in [0.25, 0.3) is 0 Å². The van der Waals surface area contributed by atoms with Crippen LogP contribution in [-0.2, 0) is 0 Å². The summed E-state index contributed by atoms with van der Waals surface area (Å²) in [4.78, 5) is 1.16. The van der Waals surface area contributed by atoms with E-state index in [2.05, 4.69) is 21.1 Å². The third-order valence-electron chi connectivity index (χ3n) is 2.56. The second-order valence-electron chi connectivity index (χ2n) is 4.16. The van der Waals surface area contributed by atoms with Crippen LogP contribution < -0.4 is 10.6 Å². The first-order chi connectivity index (χ1) is 9.30. The molecule has 1 aromatic rings. The van der Waals surface area contributed by atoms with Gasteiger partial charge in [0.2, 0.25) is 0 Å². The molecule has 0 saturated carbocycles. The van der Waals surface area contributed by atoms with Crippen molar-refractivity contribution in [3.05, 3.63) is 28.2 Å². The van der Waals surface area contributed by atoms with Crippen LogP contribution in [0, 0.1) is 0 Å². The van der Waals surface area contributed by atoms with Crippen molar-refractivity contribution in [1.82, 2.24) is 0 Å². The van der Waals surface area contributed by atoms with Crippen LogP contribution in [0.2, 0.25) is 0 Å². The van der Waals surface area contributed by atoms with E-state index < -0.39 is 12.7 Å². The van der Waals surface area contributed by atoms with Crippen molar-refractivity contribution in [3.63, 3.8) is 0 Å². The highest BCUT2D eigenvalue weighted by Crippen LogP contribution is 2.30. The standard InChI is InChI=1S/C12H15BrF3N3O/c1-2-6-19(7-12(14,15)16)9-5-3-4-8(13)10(9)11(17)18-20/h3-5,20H,2,6-7H2,1H3,(H2,17,18). The highest BCUT2D eigenvalue weighted by Gasteiger charge is 2.32. The van der Waals surface area contributed by atoms with Crippen molar-refractivity contribution >= 4 is 27.5 Å². The van der Waals surface area contributed by atoms with E-state index in [0.29, 0.717) is 10.9 Å². The summed E-state index contributed by atoms with van der Waals surface area (Å²) in [6, 6.07) is 4.74. The zero-order chi connectivity index (χ0) is 15.3. The fraction of sp³-hybridized carbons (Fsp3) is 0.417. The maximum Gasteiger partial charge on any atom is 0.405 e. The molecule has 20 heavy (non-hydrogen) atoms. The van der Waals surface area contributed by atoms with E-state index in [0.717, 1.165) is 4.90 Å². The van der Waals surface area contributed by atoms with Gasteiger partial charge in [0.05, 0.1) is 5.56 Å². The van der Waals surface area contributed by atoms with Crippen LogP contribution in [0.5, 0.6) is 0 Å². The quantitative estimate of drug-likeness (QED) is 0.369. The van der Waals surface area contributed by atoms with Gasteiger partial charge in [-0.05, 0) is 34.5 Å². The topological polar surface area (TPSA) is 61.8 Å². The van der Waals surface area contributed by atoms with E-state index in [9.17, 15) is 13.2 Å². The lowest BCUT2D eigenvalue weighted by molar-refractivity contribution is -0.119. The Balaban J connectivity index is 3.29. The molecule has 8 heteroatoms. The molecule has 0 saturated heterocycles. The molecule has 3 N–H and O–H groups in total. The lowest BCUT2D eigenvalue weighted by Gasteiger charge is -2.27. The predicted molar refractivity (Wildman–Crippen MR) is 75.2 cm³/mol. The molecule has 0 heterocycles. The highest BCUT2D eigenvalue weighted by molar-refractivity contribution is 9.10. The number of oxime groups is 1. The van der Waals surface area contributed by atoms with Gasteiger partial charge in [-0.1, -0.05) is 18.1 Å². The summed E-state index contributed by atoms with van der Waals surface area (Å²) in [5, 5.41) is 11.7. The van der Waals surface area contributed by atoms with Gasteiger partial charge in [-0.3, -0.25) is 0 Å². The van der Waals surface area contributed by atoms with Crippen molar-refractivity contribution in [2.75, 3.05) is 18.0 Å². The summed E-state index contributed by atoms with van der Waals surface area (Å²) in [7, 11) is 0. The molecule has 0 fully saturated rings. The van der Waals surface area contributed by atoms with Crippen molar-refractivity contribution in [3.8, 4) is 0 Å². The van der Waals surface area contributed by atoms with E-state index in [1.807, 2.05) is 0 Å². The van der Waals surface area contributed by atoms with Crippen molar-refractivity contribution < 1.29 is 18.4 Å². The van der Waals surface area contributed by atoms with E-state index in [4.69, 9.17) is 10.9 Å². The van der Waals surface area contributed by atoms with Crippen LogP contribution in [0.3, 0.4) is 0 Å². The van der Waals surface area contributed by atoms with E-state index >= 15 is 0 Å². The van der Waals surface area contributed by atoms with E-state index in [-0.39, 0.29) is 23.6 Å². The van der Waals surface area contributed by atoms with Crippen molar-refractivity contribution in [2.45, 2.75) is 19.5 Å². The Bertz CT molecular complexity index is 491. The summed E-state index contributed by atoms with van der Waals surface area (Å²) in [6.45, 7) is 0.898. The summed E-state index contributed by atoms with van der Waals surface area (Å²) < 4.78 is 38.5. The number of nitrogens with two attached hydrogens (primary N) is 1. The van der Waals surface area contributed by atoms with Crippen LogP contribution in [0.15, 0.2) is 27.8 Å². The molecule has 0 aliphatic rings. The molecule has 4 nitrogen and oxygen atoms in total. The molecule has 0 aliphatic carbocycles. The number of halogens is 4. The van der Waals surface area contributed by atoms with E-state index in [1.54, 1.807) is 19.1 Å². The van der Waals surface area contributed by atoms with Gasteiger partial charge in [0.1, 0.15) is 6.54 Å². The summed E-state index contributed by atoms with van der Waals surface area (Å²) in [5.41, 5.74) is 6.07. The van der Waals surface area contributed by atoms with Crippen LogP contribution in [0.1, 0.15) is 18.9 Å².